The number of benzene rings is 4. The van der Waals surface area contributed by atoms with Crippen molar-refractivity contribution in [1.29, 1.82) is 0 Å². The van der Waals surface area contributed by atoms with Crippen molar-refractivity contribution >= 4 is 59.7 Å². The fraction of sp³-hybridized carbons (Fsp3) is 0.316. The first-order valence-electron chi connectivity index (χ1n) is 16.9. The molecule has 1 saturated heterocycles. The Kier molecular flexibility index (Phi) is 7.94. The number of aliphatic hydroxyl groups excluding tert-OH is 1. The van der Waals surface area contributed by atoms with Crippen LogP contribution in [0.25, 0.3) is 10.8 Å². The molecule has 0 unspecified atom stereocenters. The number of fused-ring (bicyclic) bond motifs is 2. The van der Waals surface area contributed by atoms with Gasteiger partial charge in [-0.1, -0.05) is 60.1 Å². The van der Waals surface area contributed by atoms with Gasteiger partial charge in [0, 0.05) is 58.9 Å². The van der Waals surface area contributed by atoms with Gasteiger partial charge in [-0.15, -0.1) is 5.10 Å². The summed E-state index contributed by atoms with van der Waals surface area (Å²) in [6.45, 7) is 5.90. The average Bonchev–Trinajstić information content (AvgIpc) is 3.80. The predicted octanol–water partition coefficient (Wildman–Crippen LogP) is 7.32. The molecule has 2 amide bonds. The van der Waals surface area contributed by atoms with E-state index >= 15 is 4.11 Å². The molecule has 12 heteroatoms. The third kappa shape index (κ3) is 5.09. The van der Waals surface area contributed by atoms with Gasteiger partial charge in [-0.3, -0.25) is 19.2 Å². The van der Waals surface area contributed by atoms with Crippen LogP contribution in [0, 0.1) is 5.92 Å². The van der Waals surface area contributed by atoms with Crippen LogP contribution in [0.3, 0.4) is 0 Å². The zero-order valence-corrected chi connectivity index (χ0v) is 29.8. The summed E-state index contributed by atoms with van der Waals surface area (Å²) in [6, 6.07) is 24.7. The summed E-state index contributed by atoms with van der Waals surface area (Å²) in [5.74, 6) is -0.815. The quantitative estimate of drug-likeness (QED) is 0.127. The van der Waals surface area contributed by atoms with Gasteiger partial charge in [0.05, 0.1) is 35.3 Å². The van der Waals surface area contributed by atoms with Crippen LogP contribution in [0.5, 0.6) is 0 Å². The molecule has 50 heavy (non-hydrogen) atoms. The molecule has 0 saturated carbocycles. The molecule has 9 nitrogen and oxygen atoms in total. The number of amides is 2. The van der Waals surface area contributed by atoms with Gasteiger partial charge in [-0.2, -0.15) is 0 Å². The summed E-state index contributed by atoms with van der Waals surface area (Å²) < 4.78 is 24.9. The number of carbonyl (C=O) groups is 2. The van der Waals surface area contributed by atoms with E-state index in [0.717, 1.165) is 22.0 Å². The van der Waals surface area contributed by atoms with Gasteiger partial charge in [0.2, 0.25) is 8.41 Å². The SMILES string of the molecule is C[C@H]1[C@H]([Si](C)(C)F)[C@@H](CCn2cc(CCO)nn2)O[C@]12C(=O)N(Cc1cccc(N3C(=O)c4cccc5cccc3c45)c1)c1ccc(Cl)cc12. The predicted molar refractivity (Wildman–Crippen MR) is 193 cm³/mol. The minimum atomic E-state index is -3.37. The molecule has 4 atom stereocenters. The summed E-state index contributed by atoms with van der Waals surface area (Å²) in [6.07, 6.45) is 2.06. The largest absolute Gasteiger partial charge is 0.396 e. The average molecular weight is 710 g/mol. The fourth-order valence-corrected chi connectivity index (χ4v) is 11.2. The molecule has 1 aromatic heterocycles. The van der Waals surface area contributed by atoms with E-state index in [9.17, 15) is 14.7 Å². The van der Waals surface area contributed by atoms with E-state index in [2.05, 4.69) is 10.3 Å². The van der Waals surface area contributed by atoms with Crippen LogP contribution >= 0.6 is 11.6 Å². The number of nitrogens with zero attached hydrogens (tertiary/aromatic N) is 5. The van der Waals surface area contributed by atoms with E-state index < -0.39 is 31.6 Å². The van der Waals surface area contributed by atoms with E-state index in [-0.39, 0.29) is 25.0 Å². The van der Waals surface area contributed by atoms with Crippen LogP contribution in [0.2, 0.25) is 23.7 Å². The van der Waals surface area contributed by atoms with Gasteiger partial charge in [0.25, 0.3) is 11.8 Å². The molecular formula is C38H37ClFN5O4Si. The maximum absolute atomic E-state index is 16.3. The number of aromatic nitrogens is 3. The molecule has 1 fully saturated rings. The molecule has 4 heterocycles. The first-order chi connectivity index (χ1) is 24.0. The highest BCUT2D eigenvalue weighted by Gasteiger charge is 2.66. The molecule has 1 spiro atoms. The summed E-state index contributed by atoms with van der Waals surface area (Å²) in [7, 11) is -3.37. The Morgan fingerprint density at radius 2 is 1.80 bits per heavy atom. The first kappa shape index (κ1) is 32.8. The Morgan fingerprint density at radius 1 is 1.02 bits per heavy atom. The van der Waals surface area contributed by atoms with Gasteiger partial charge < -0.3 is 18.9 Å². The zero-order valence-electron chi connectivity index (χ0n) is 28.0. The summed E-state index contributed by atoms with van der Waals surface area (Å²) in [5.41, 5.74) is 3.12. The number of aryl methyl sites for hydroxylation is 1. The van der Waals surface area contributed by atoms with Crippen molar-refractivity contribution in [1.82, 2.24) is 15.0 Å². The number of carbonyl (C=O) groups excluding carboxylic acids is 2. The lowest BCUT2D eigenvalue weighted by Crippen LogP contribution is -2.45. The number of anilines is 3. The van der Waals surface area contributed by atoms with Gasteiger partial charge in [-0.25, -0.2) is 0 Å². The Hall–Kier alpha value is -4.42. The fourth-order valence-electron chi connectivity index (χ4n) is 8.53. The van der Waals surface area contributed by atoms with Crippen molar-refractivity contribution in [3.8, 4) is 0 Å². The third-order valence-corrected chi connectivity index (χ3v) is 13.3. The maximum Gasteiger partial charge on any atom is 0.264 e. The lowest BCUT2D eigenvalue weighted by molar-refractivity contribution is -0.146. The van der Waals surface area contributed by atoms with Crippen LogP contribution in [0.4, 0.5) is 21.2 Å². The van der Waals surface area contributed by atoms with E-state index in [1.54, 1.807) is 45.9 Å². The second-order valence-corrected chi connectivity index (χ2v) is 18.3. The molecule has 3 aliphatic heterocycles. The van der Waals surface area contributed by atoms with Gasteiger partial charge >= 0.3 is 0 Å². The lowest BCUT2D eigenvalue weighted by atomic mass is 9.82. The second-order valence-electron chi connectivity index (χ2n) is 14.1. The minimum absolute atomic E-state index is 0.0276. The summed E-state index contributed by atoms with van der Waals surface area (Å²) in [4.78, 5) is 32.0. The monoisotopic (exact) mass is 709 g/mol. The lowest BCUT2D eigenvalue weighted by Gasteiger charge is -2.31. The molecule has 0 bridgehead atoms. The van der Waals surface area contributed by atoms with E-state index in [0.29, 0.717) is 52.6 Å². The number of halogens is 2. The van der Waals surface area contributed by atoms with E-state index in [1.807, 2.05) is 73.7 Å². The molecule has 0 radical (unpaired) electrons. The number of hydrogen-bond acceptors (Lipinski definition) is 6. The van der Waals surface area contributed by atoms with Crippen LogP contribution in [-0.4, -0.2) is 53.0 Å². The first-order valence-corrected chi connectivity index (χ1v) is 20.3. The standard InChI is InChI=1S/C38H37ClFN5O4Si/c1-23-35(50(2,3)40)33(15-17-43-22-27(16-18-46)41-42-43)49-38(23)30-20-26(39)13-14-31(30)44(37(38)48)21-24-7-4-10-28(19-24)45-32-12-6-9-25-8-5-11-29(34(25)32)36(45)47/h4-14,19-20,22-23,33,35,46H,15-18,21H2,1-3H3/t23-,33+,35-,38+/m0/s1. The molecule has 5 aromatic rings. The third-order valence-electron chi connectivity index (χ3n) is 10.6. The Morgan fingerprint density at radius 3 is 2.58 bits per heavy atom. The number of ether oxygens (including phenoxy) is 1. The van der Waals surface area contributed by atoms with Gasteiger partial charge in [-0.05, 0) is 72.9 Å². The highest BCUT2D eigenvalue weighted by atomic mass is 35.5. The van der Waals surface area contributed by atoms with Crippen LogP contribution in [-0.2, 0) is 34.6 Å². The molecule has 0 aliphatic carbocycles. The van der Waals surface area contributed by atoms with Gasteiger partial charge in [0.1, 0.15) is 0 Å². The number of aliphatic hydroxyl groups is 1. The van der Waals surface area contributed by atoms with Crippen molar-refractivity contribution in [2.45, 2.75) is 63.2 Å². The molecule has 3 aliphatic rings. The molecule has 4 aromatic carbocycles. The zero-order chi connectivity index (χ0) is 34.9. The summed E-state index contributed by atoms with van der Waals surface area (Å²) >= 11 is 6.57. The van der Waals surface area contributed by atoms with Crippen molar-refractivity contribution in [2.24, 2.45) is 5.92 Å². The van der Waals surface area contributed by atoms with Crippen molar-refractivity contribution in [3.05, 3.63) is 112 Å². The summed E-state index contributed by atoms with van der Waals surface area (Å²) in [5, 5.41) is 20.0. The number of rotatable bonds is 9. The highest BCUT2D eigenvalue weighted by Crippen LogP contribution is 2.60. The Bertz CT molecular complexity index is 2170. The van der Waals surface area contributed by atoms with Crippen LogP contribution < -0.4 is 9.80 Å². The van der Waals surface area contributed by atoms with Crippen molar-refractivity contribution < 1.29 is 23.5 Å². The van der Waals surface area contributed by atoms with Crippen molar-refractivity contribution in [2.75, 3.05) is 16.4 Å². The Labute approximate surface area is 295 Å². The molecule has 8 rings (SSSR count). The topological polar surface area (TPSA) is 101 Å². The van der Waals surface area contributed by atoms with Crippen LogP contribution in [0.15, 0.2) is 85.1 Å². The van der Waals surface area contributed by atoms with Crippen LogP contribution in [0.1, 0.15) is 40.5 Å². The minimum Gasteiger partial charge on any atom is -0.396 e. The molecule has 1 N–H and O–H groups in total. The second kappa shape index (κ2) is 12.1. The molecular weight excluding hydrogens is 673 g/mol. The smallest absolute Gasteiger partial charge is 0.264 e. The highest BCUT2D eigenvalue weighted by molar-refractivity contribution is 6.72. The van der Waals surface area contributed by atoms with E-state index in [1.165, 1.54) is 0 Å². The molecule has 256 valence electrons. The van der Waals surface area contributed by atoms with Gasteiger partial charge in [0.15, 0.2) is 5.60 Å². The maximum atomic E-state index is 16.3. The van der Waals surface area contributed by atoms with E-state index in [4.69, 9.17) is 16.3 Å². The Balaban J connectivity index is 1.12. The van der Waals surface area contributed by atoms with Crippen molar-refractivity contribution in [3.63, 3.8) is 0 Å². The number of hydrogen-bond donors (Lipinski definition) is 1. The normalized spacial score (nSPS) is 22.8.